The Bertz CT molecular complexity index is 397. The van der Waals surface area contributed by atoms with Crippen LogP contribution in [0, 0.1) is 11.8 Å². The van der Waals surface area contributed by atoms with E-state index in [2.05, 4.69) is 15.2 Å². The molecule has 0 aromatic rings. The highest BCUT2D eigenvalue weighted by atomic mass is 19.4. The lowest BCUT2D eigenvalue weighted by molar-refractivity contribution is -0.143. The normalized spacial score (nSPS) is 26.7. The summed E-state index contributed by atoms with van der Waals surface area (Å²) in [5.74, 6) is 1.55. The van der Waals surface area contributed by atoms with E-state index in [1.165, 1.54) is 4.90 Å². The van der Waals surface area contributed by atoms with E-state index in [0.29, 0.717) is 25.6 Å². The van der Waals surface area contributed by atoms with Crippen LogP contribution in [0.5, 0.6) is 0 Å². The van der Waals surface area contributed by atoms with Gasteiger partial charge in [0, 0.05) is 46.3 Å². The third-order valence-electron chi connectivity index (χ3n) is 4.45. The molecule has 2 saturated heterocycles. The molecule has 2 aliphatic rings. The van der Waals surface area contributed by atoms with Crippen molar-refractivity contribution in [2.75, 3.05) is 60.0 Å². The number of aliphatic imine (C=N–C) groups is 1. The molecular formula is C15H27F3N4O. The first kappa shape index (κ1) is 18.3. The monoisotopic (exact) mass is 336 g/mol. The number of ether oxygens (including phenoxy) is 1. The number of nitrogens with zero attached hydrogens (tertiary/aromatic N) is 3. The smallest absolute Gasteiger partial charge is 0.381 e. The van der Waals surface area contributed by atoms with Crippen LogP contribution in [-0.2, 0) is 4.74 Å². The summed E-state index contributed by atoms with van der Waals surface area (Å²) in [6.45, 7) is 3.35. The van der Waals surface area contributed by atoms with Crippen LogP contribution in [0.25, 0.3) is 0 Å². The first-order valence-electron chi connectivity index (χ1n) is 8.16. The Morgan fingerprint density at radius 1 is 1.35 bits per heavy atom. The second-order valence-electron chi connectivity index (χ2n) is 6.54. The van der Waals surface area contributed by atoms with E-state index in [-0.39, 0.29) is 5.92 Å². The molecule has 2 atom stereocenters. The zero-order valence-electron chi connectivity index (χ0n) is 13.9. The summed E-state index contributed by atoms with van der Waals surface area (Å²) in [4.78, 5) is 7.82. The van der Waals surface area contributed by atoms with Crippen molar-refractivity contribution in [3.05, 3.63) is 0 Å². The number of halogens is 3. The molecule has 23 heavy (non-hydrogen) atoms. The SMILES string of the molecule is CN=C(NCC1CCN(CC(F)(F)F)C1)N(C)CC1CCOC1. The quantitative estimate of drug-likeness (QED) is 0.609. The van der Waals surface area contributed by atoms with Gasteiger partial charge >= 0.3 is 6.18 Å². The van der Waals surface area contributed by atoms with Gasteiger partial charge in [0.2, 0.25) is 0 Å². The lowest BCUT2D eigenvalue weighted by Gasteiger charge is -2.25. The summed E-state index contributed by atoms with van der Waals surface area (Å²) in [7, 11) is 3.72. The van der Waals surface area contributed by atoms with Crippen molar-refractivity contribution in [3.63, 3.8) is 0 Å². The average Bonchev–Trinajstić information content (AvgIpc) is 3.10. The molecule has 2 unspecified atom stereocenters. The Hall–Kier alpha value is -1.02. The van der Waals surface area contributed by atoms with Crippen LogP contribution in [0.15, 0.2) is 4.99 Å². The minimum atomic E-state index is -4.11. The molecule has 8 heteroatoms. The van der Waals surface area contributed by atoms with Crippen molar-refractivity contribution in [2.24, 2.45) is 16.8 Å². The molecule has 1 N–H and O–H groups in total. The molecule has 0 radical (unpaired) electrons. The summed E-state index contributed by atoms with van der Waals surface area (Å²) < 4.78 is 42.6. The molecule has 0 amide bonds. The van der Waals surface area contributed by atoms with Gasteiger partial charge < -0.3 is 15.0 Å². The lowest BCUT2D eigenvalue weighted by Crippen LogP contribution is -2.43. The molecule has 134 valence electrons. The van der Waals surface area contributed by atoms with Gasteiger partial charge in [-0.2, -0.15) is 13.2 Å². The molecule has 2 rings (SSSR count). The standard InChI is InChI=1S/C15H27F3N4O/c1-19-14(21(2)8-13-4-6-23-10-13)20-7-12-3-5-22(9-12)11-15(16,17)18/h12-13H,3-11H2,1-2H3,(H,19,20). The fraction of sp³-hybridized carbons (Fsp3) is 0.933. The number of hydrogen-bond donors (Lipinski definition) is 1. The molecule has 5 nitrogen and oxygen atoms in total. The molecular weight excluding hydrogens is 309 g/mol. The zero-order chi connectivity index (χ0) is 16.9. The van der Waals surface area contributed by atoms with Crippen molar-refractivity contribution < 1.29 is 17.9 Å². The number of guanidine groups is 1. The van der Waals surface area contributed by atoms with Crippen LogP contribution in [0.3, 0.4) is 0 Å². The van der Waals surface area contributed by atoms with Crippen LogP contribution in [0.4, 0.5) is 13.2 Å². The summed E-state index contributed by atoms with van der Waals surface area (Å²) in [6.07, 6.45) is -2.25. The molecule has 2 aliphatic heterocycles. The average molecular weight is 336 g/mol. The second-order valence-corrected chi connectivity index (χ2v) is 6.54. The minimum absolute atomic E-state index is 0.234. The lowest BCUT2D eigenvalue weighted by atomic mass is 10.1. The highest BCUT2D eigenvalue weighted by molar-refractivity contribution is 5.79. The molecule has 0 aromatic heterocycles. The molecule has 0 aliphatic carbocycles. The molecule has 0 aromatic carbocycles. The van der Waals surface area contributed by atoms with Gasteiger partial charge in [0.05, 0.1) is 13.2 Å². The van der Waals surface area contributed by atoms with Crippen LogP contribution in [0.2, 0.25) is 0 Å². The molecule has 0 saturated carbocycles. The Balaban J connectivity index is 1.71. The van der Waals surface area contributed by atoms with Crippen LogP contribution in [0.1, 0.15) is 12.8 Å². The molecule has 2 fully saturated rings. The number of likely N-dealkylation sites (tertiary alicyclic amines) is 1. The van der Waals surface area contributed by atoms with Crippen molar-refractivity contribution in [3.8, 4) is 0 Å². The van der Waals surface area contributed by atoms with Gasteiger partial charge in [-0.1, -0.05) is 0 Å². The van der Waals surface area contributed by atoms with E-state index >= 15 is 0 Å². The molecule has 0 bridgehead atoms. The number of nitrogens with one attached hydrogen (secondary N) is 1. The number of hydrogen-bond acceptors (Lipinski definition) is 3. The van der Waals surface area contributed by atoms with Gasteiger partial charge in [-0.25, -0.2) is 0 Å². The number of alkyl halides is 3. The first-order chi connectivity index (χ1) is 10.9. The third kappa shape index (κ3) is 6.18. The van der Waals surface area contributed by atoms with Crippen LogP contribution < -0.4 is 5.32 Å². The van der Waals surface area contributed by atoms with Gasteiger partial charge in [0.25, 0.3) is 0 Å². The van der Waals surface area contributed by atoms with E-state index in [9.17, 15) is 13.2 Å². The van der Waals surface area contributed by atoms with E-state index < -0.39 is 12.7 Å². The highest BCUT2D eigenvalue weighted by Gasteiger charge is 2.34. The second kappa shape index (κ2) is 8.19. The van der Waals surface area contributed by atoms with E-state index in [0.717, 1.165) is 38.6 Å². The molecule has 0 spiro atoms. The largest absolute Gasteiger partial charge is 0.401 e. The van der Waals surface area contributed by atoms with Crippen LogP contribution in [-0.4, -0.2) is 82.0 Å². The predicted octanol–water partition coefficient (Wildman–Crippen LogP) is 1.41. The van der Waals surface area contributed by atoms with Gasteiger partial charge in [-0.3, -0.25) is 9.89 Å². The Morgan fingerprint density at radius 3 is 2.74 bits per heavy atom. The van der Waals surface area contributed by atoms with Crippen molar-refractivity contribution in [1.82, 2.24) is 15.1 Å². The fourth-order valence-electron chi connectivity index (χ4n) is 3.30. The van der Waals surface area contributed by atoms with Crippen molar-refractivity contribution >= 4 is 5.96 Å². The molecule has 2 heterocycles. The summed E-state index contributed by atoms with van der Waals surface area (Å²) in [5, 5.41) is 3.30. The number of rotatable bonds is 5. The Kier molecular flexibility index (Phi) is 6.52. The third-order valence-corrected chi connectivity index (χ3v) is 4.45. The summed E-state index contributed by atoms with van der Waals surface area (Å²) in [5.41, 5.74) is 0. The van der Waals surface area contributed by atoms with Crippen molar-refractivity contribution in [2.45, 2.75) is 19.0 Å². The summed E-state index contributed by atoms with van der Waals surface area (Å²) >= 11 is 0. The topological polar surface area (TPSA) is 40.1 Å². The van der Waals surface area contributed by atoms with Gasteiger partial charge in [-0.05, 0) is 25.3 Å². The Labute approximate surface area is 135 Å². The highest BCUT2D eigenvalue weighted by Crippen LogP contribution is 2.22. The Morgan fingerprint density at radius 2 is 2.13 bits per heavy atom. The zero-order valence-corrected chi connectivity index (χ0v) is 13.9. The summed E-state index contributed by atoms with van der Waals surface area (Å²) in [6, 6.07) is 0. The maximum Gasteiger partial charge on any atom is 0.401 e. The minimum Gasteiger partial charge on any atom is -0.381 e. The van der Waals surface area contributed by atoms with Gasteiger partial charge in [0.1, 0.15) is 0 Å². The van der Waals surface area contributed by atoms with Gasteiger partial charge in [-0.15, -0.1) is 0 Å². The van der Waals surface area contributed by atoms with Crippen LogP contribution >= 0.6 is 0 Å². The maximum atomic E-state index is 12.4. The van der Waals surface area contributed by atoms with Crippen molar-refractivity contribution in [1.29, 1.82) is 0 Å². The van der Waals surface area contributed by atoms with E-state index in [1.807, 2.05) is 7.05 Å². The van der Waals surface area contributed by atoms with Gasteiger partial charge in [0.15, 0.2) is 5.96 Å². The fourth-order valence-corrected chi connectivity index (χ4v) is 3.30. The predicted molar refractivity (Wildman–Crippen MR) is 83.5 cm³/mol. The van der Waals surface area contributed by atoms with E-state index in [1.54, 1.807) is 7.05 Å². The maximum absolute atomic E-state index is 12.4. The first-order valence-corrected chi connectivity index (χ1v) is 8.16. The van der Waals surface area contributed by atoms with E-state index in [4.69, 9.17) is 4.74 Å².